The molecule has 0 saturated carbocycles. The van der Waals surface area contributed by atoms with Gasteiger partial charge in [-0.2, -0.15) is 0 Å². The second-order valence-corrected chi connectivity index (χ2v) is 9.40. The van der Waals surface area contributed by atoms with Crippen LogP contribution in [0.4, 0.5) is 0 Å². The van der Waals surface area contributed by atoms with Gasteiger partial charge < -0.3 is 15.5 Å². The number of nitrogens with zero attached hydrogens (tertiary/aromatic N) is 4. The van der Waals surface area contributed by atoms with Crippen molar-refractivity contribution >= 4 is 29.5 Å². The van der Waals surface area contributed by atoms with Crippen molar-refractivity contribution in [2.24, 2.45) is 5.41 Å². The van der Waals surface area contributed by atoms with Crippen LogP contribution >= 0.6 is 0 Å². The second kappa shape index (κ2) is 7.75. The maximum absolute atomic E-state index is 13.0. The Morgan fingerprint density at radius 2 is 1.97 bits per heavy atom. The van der Waals surface area contributed by atoms with Crippen LogP contribution in [0.25, 0.3) is 5.69 Å². The summed E-state index contributed by atoms with van der Waals surface area (Å²) in [6, 6.07) is 3.76. The van der Waals surface area contributed by atoms with Crippen LogP contribution in [0.5, 0.6) is 0 Å². The molecule has 2 atom stereocenters. The molecule has 5 amide bonds. The van der Waals surface area contributed by atoms with Gasteiger partial charge in [-0.05, 0) is 24.1 Å². The van der Waals surface area contributed by atoms with E-state index in [2.05, 4.69) is 26.3 Å². The quantitative estimate of drug-likeness (QED) is 0.503. The maximum Gasteiger partial charge on any atom is 0.274 e. The summed E-state index contributed by atoms with van der Waals surface area (Å²) >= 11 is 0. The van der Waals surface area contributed by atoms with E-state index in [0.717, 1.165) is 5.56 Å². The summed E-state index contributed by atoms with van der Waals surface area (Å²) in [7, 11) is 0. The van der Waals surface area contributed by atoms with E-state index in [9.17, 15) is 24.0 Å². The molecule has 34 heavy (non-hydrogen) atoms. The predicted octanol–water partition coefficient (Wildman–Crippen LogP) is -0.717. The van der Waals surface area contributed by atoms with Crippen LogP contribution < -0.4 is 16.0 Å². The van der Waals surface area contributed by atoms with Gasteiger partial charge >= 0.3 is 0 Å². The highest BCUT2D eigenvalue weighted by Crippen LogP contribution is 2.29. The van der Waals surface area contributed by atoms with Gasteiger partial charge in [-0.25, -0.2) is 4.68 Å². The lowest BCUT2D eigenvalue weighted by Crippen LogP contribution is -2.52. The van der Waals surface area contributed by atoms with E-state index >= 15 is 0 Å². The first kappa shape index (κ1) is 21.7. The fourth-order valence-electron chi connectivity index (χ4n) is 4.52. The zero-order valence-electron chi connectivity index (χ0n) is 18.6. The molecule has 5 rings (SSSR count). The van der Waals surface area contributed by atoms with Crippen molar-refractivity contribution in [1.29, 1.82) is 0 Å². The predicted molar refractivity (Wildman–Crippen MR) is 115 cm³/mol. The van der Waals surface area contributed by atoms with Crippen molar-refractivity contribution in [1.82, 2.24) is 35.8 Å². The van der Waals surface area contributed by atoms with Crippen molar-refractivity contribution < 1.29 is 24.0 Å². The lowest BCUT2D eigenvalue weighted by molar-refractivity contribution is -0.137. The number of imide groups is 1. The summed E-state index contributed by atoms with van der Waals surface area (Å²) in [5.74, 6) is -1.88. The van der Waals surface area contributed by atoms with Crippen molar-refractivity contribution in [2.45, 2.75) is 45.3 Å². The molecular formula is C22H23N7O5. The van der Waals surface area contributed by atoms with Gasteiger partial charge in [0.15, 0.2) is 5.69 Å². The third kappa shape index (κ3) is 3.60. The molecule has 0 radical (unpaired) electrons. The van der Waals surface area contributed by atoms with E-state index in [1.807, 2.05) is 13.8 Å². The molecule has 2 aromatic rings. The van der Waals surface area contributed by atoms with Gasteiger partial charge in [-0.15, -0.1) is 5.10 Å². The van der Waals surface area contributed by atoms with Crippen LogP contribution in [-0.2, 0) is 20.9 Å². The first-order chi connectivity index (χ1) is 16.1. The van der Waals surface area contributed by atoms with Crippen molar-refractivity contribution in [2.75, 3.05) is 6.54 Å². The minimum atomic E-state index is -0.695. The van der Waals surface area contributed by atoms with Gasteiger partial charge in [-0.3, -0.25) is 29.3 Å². The number of nitrogens with one attached hydrogen (secondary N) is 3. The Bertz CT molecular complexity index is 1250. The molecule has 2 saturated heterocycles. The van der Waals surface area contributed by atoms with Gasteiger partial charge in [0.25, 0.3) is 11.8 Å². The fraction of sp³-hybridized carbons (Fsp3) is 0.409. The summed E-state index contributed by atoms with van der Waals surface area (Å²) in [6.45, 7) is 4.49. The molecule has 1 aromatic heterocycles. The Balaban J connectivity index is 1.33. The van der Waals surface area contributed by atoms with E-state index in [1.165, 1.54) is 15.8 Å². The highest BCUT2D eigenvalue weighted by Gasteiger charge is 2.42. The van der Waals surface area contributed by atoms with Crippen molar-refractivity contribution in [3.8, 4) is 5.69 Å². The Hall–Kier alpha value is -4.09. The Kier molecular flexibility index (Phi) is 4.95. The highest BCUT2D eigenvalue weighted by molar-refractivity contribution is 6.05. The van der Waals surface area contributed by atoms with E-state index in [4.69, 9.17) is 0 Å². The van der Waals surface area contributed by atoms with E-state index in [-0.39, 0.29) is 42.8 Å². The van der Waals surface area contributed by atoms with Crippen molar-refractivity contribution in [3.05, 3.63) is 41.2 Å². The molecule has 2 fully saturated rings. The molecule has 3 aliphatic rings. The Labute approximate surface area is 194 Å². The smallest absolute Gasteiger partial charge is 0.274 e. The summed E-state index contributed by atoms with van der Waals surface area (Å²) in [4.78, 5) is 62.8. The van der Waals surface area contributed by atoms with E-state index in [0.29, 0.717) is 17.8 Å². The summed E-state index contributed by atoms with van der Waals surface area (Å²) < 4.78 is 1.37. The molecule has 12 nitrogen and oxygen atoms in total. The zero-order chi connectivity index (χ0) is 24.2. The van der Waals surface area contributed by atoms with Crippen LogP contribution in [0.1, 0.15) is 53.1 Å². The Morgan fingerprint density at radius 3 is 2.68 bits per heavy atom. The highest BCUT2D eigenvalue weighted by atomic mass is 16.2. The molecule has 3 aliphatic heterocycles. The lowest BCUT2D eigenvalue weighted by Gasteiger charge is -2.29. The molecule has 0 aliphatic carbocycles. The number of piperidine rings is 1. The number of aromatic nitrogens is 3. The summed E-state index contributed by atoms with van der Waals surface area (Å²) in [5, 5.41) is 15.6. The zero-order valence-corrected chi connectivity index (χ0v) is 18.6. The van der Waals surface area contributed by atoms with Gasteiger partial charge in [0, 0.05) is 30.5 Å². The Morgan fingerprint density at radius 1 is 1.18 bits per heavy atom. The third-order valence-electron chi connectivity index (χ3n) is 6.54. The number of carbonyl (C=O) groups excluding carboxylic acids is 5. The number of hydrogen-bond donors (Lipinski definition) is 3. The minimum Gasteiger partial charge on any atom is -0.354 e. The normalized spacial score (nSPS) is 23.5. The number of hydrogen-bond acceptors (Lipinski definition) is 7. The van der Waals surface area contributed by atoms with Crippen LogP contribution in [0.3, 0.4) is 0 Å². The van der Waals surface area contributed by atoms with Gasteiger partial charge in [0.1, 0.15) is 12.1 Å². The third-order valence-corrected chi connectivity index (χ3v) is 6.54. The average molecular weight is 465 g/mol. The molecule has 12 heteroatoms. The molecule has 4 heterocycles. The minimum absolute atomic E-state index is 0.0347. The molecule has 3 N–H and O–H groups in total. The molecule has 0 bridgehead atoms. The van der Waals surface area contributed by atoms with Crippen molar-refractivity contribution in [3.63, 3.8) is 0 Å². The van der Waals surface area contributed by atoms with Crippen LogP contribution in [0.15, 0.2) is 24.4 Å². The van der Waals surface area contributed by atoms with Gasteiger partial charge in [0.05, 0.1) is 11.9 Å². The number of carbonyl (C=O) groups is 5. The lowest BCUT2D eigenvalue weighted by atomic mass is 9.87. The number of amides is 5. The number of benzene rings is 1. The second-order valence-electron chi connectivity index (χ2n) is 9.40. The molecule has 0 spiro atoms. The first-order valence-corrected chi connectivity index (χ1v) is 10.9. The van der Waals surface area contributed by atoms with E-state index in [1.54, 1.807) is 18.2 Å². The van der Waals surface area contributed by atoms with Crippen LogP contribution in [0, 0.1) is 5.41 Å². The molecule has 2 unspecified atom stereocenters. The standard InChI is InChI=1S/C22H23N7O5/c1-22(2)10-23-20(33)17(22)25-18(31)14-9-29(27-26-14)12-4-3-11-8-28(21(34)13(11)7-12)15-5-6-16(30)24-19(15)32/h3-4,7,9,15,17H,5-6,8,10H2,1-2H3,(H,23,33)(H,25,31)(H,24,30,32). The monoisotopic (exact) mass is 465 g/mol. The molecular weight excluding hydrogens is 442 g/mol. The maximum atomic E-state index is 13.0. The SMILES string of the molecule is CC1(C)CNC(=O)C1NC(=O)c1cn(-c2ccc3c(c2)C(=O)N(C2CCC(=O)NC2=O)C3)nn1. The number of fused-ring (bicyclic) bond motifs is 1. The fourth-order valence-corrected chi connectivity index (χ4v) is 4.52. The summed E-state index contributed by atoms with van der Waals surface area (Å²) in [5.41, 5.74) is 1.30. The molecule has 176 valence electrons. The topological polar surface area (TPSA) is 155 Å². The van der Waals surface area contributed by atoms with Crippen LogP contribution in [0.2, 0.25) is 0 Å². The largest absolute Gasteiger partial charge is 0.354 e. The molecule has 1 aromatic carbocycles. The van der Waals surface area contributed by atoms with Gasteiger partial charge in [-0.1, -0.05) is 25.1 Å². The number of rotatable bonds is 4. The summed E-state index contributed by atoms with van der Waals surface area (Å²) in [6.07, 6.45) is 1.90. The average Bonchev–Trinajstić information content (AvgIpc) is 3.47. The van der Waals surface area contributed by atoms with Gasteiger partial charge in [0.2, 0.25) is 17.7 Å². The van der Waals surface area contributed by atoms with E-state index < -0.39 is 29.3 Å². The first-order valence-electron chi connectivity index (χ1n) is 10.9. The van der Waals surface area contributed by atoms with Crippen LogP contribution in [-0.4, -0.2) is 68.1 Å².